The van der Waals surface area contributed by atoms with Crippen LogP contribution in [-0.2, 0) is 28.6 Å². The van der Waals surface area contributed by atoms with Gasteiger partial charge in [0.25, 0.3) is 0 Å². The normalized spacial score (nSPS) is 11.5. The van der Waals surface area contributed by atoms with E-state index in [2.05, 4.69) is 73.6 Å². The van der Waals surface area contributed by atoms with Crippen molar-refractivity contribution in [2.45, 2.75) is 113 Å². The molecule has 6 rings (SSSR count). The summed E-state index contributed by atoms with van der Waals surface area (Å²) in [5.41, 5.74) is 10.2. The highest BCUT2D eigenvalue weighted by Gasteiger charge is 2.17. The highest BCUT2D eigenvalue weighted by Crippen LogP contribution is 2.38. The lowest BCUT2D eigenvalue weighted by atomic mass is 9.91. The summed E-state index contributed by atoms with van der Waals surface area (Å²) in [4.78, 5) is 34.4. The van der Waals surface area contributed by atoms with E-state index in [0.717, 1.165) is 68.5 Å². The monoisotopic (exact) mass is 1010 g/mol. The van der Waals surface area contributed by atoms with Gasteiger partial charge in [0, 0.05) is 0 Å². The number of phenolic OH excluding ortho intramolecular Hbond substituents is 3. The molecule has 2 atom stereocenters. The molecule has 12 nitrogen and oxygen atoms in total. The summed E-state index contributed by atoms with van der Waals surface area (Å²) in [5.74, 6) is 2.89. The molecular weight excluding hydrogens is 937 g/mol. The Labute approximate surface area is 438 Å². The summed E-state index contributed by atoms with van der Waals surface area (Å²) in [6, 6.07) is 37.8. The average Bonchev–Trinajstić information content (AvgIpc) is 3.39. The SMILES string of the molecule is CCOC(=O)COc1ccc(-c2ccc(O)c(C(C)C)c2)cc1C(C)C.CCOC(=O)COc1ccc(-c2ccc(O)c(C(C)CC)c2)cc1C(C)CC.CCOC(=O)COc1ccc(-c2ccc(O)cc2)cc1. The van der Waals surface area contributed by atoms with Gasteiger partial charge >= 0.3 is 17.9 Å². The molecule has 2 unspecified atom stereocenters. The molecule has 0 saturated heterocycles. The Morgan fingerprint density at radius 3 is 1.16 bits per heavy atom. The van der Waals surface area contributed by atoms with E-state index in [0.29, 0.717) is 60.4 Å². The molecule has 0 radical (unpaired) electrons. The van der Waals surface area contributed by atoms with Gasteiger partial charge in [-0.3, -0.25) is 0 Å². The Morgan fingerprint density at radius 1 is 0.392 bits per heavy atom. The number of aromatic hydroxyl groups is 3. The van der Waals surface area contributed by atoms with Gasteiger partial charge in [-0.2, -0.15) is 0 Å². The van der Waals surface area contributed by atoms with E-state index < -0.39 is 0 Å². The minimum Gasteiger partial charge on any atom is -0.508 e. The van der Waals surface area contributed by atoms with Gasteiger partial charge in [0.15, 0.2) is 19.8 Å². The Bertz CT molecular complexity index is 2710. The molecule has 0 spiro atoms. The molecule has 0 aromatic heterocycles. The minimum absolute atomic E-state index is 0.0893. The van der Waals surface area contributed by atoms with Crippen molar-refractivity contribution in [3.8, 4) is 67.9 Å². The topological polar surface area (TPSA) is 167 Å². The maximum Gasteiger partial charge on any atom is 0.344 e. The number of carbonyl (C=O) groups excluding carboxylic acids is 3. The zero-order chi connectivity index (χ0) is 54.3. The summed E-state index contributed by atoms with van der Waals surface area (Å²) in [5, 5.41) is 29.5. The zero-order valence-electron chi connectivity index (χ0n) is 45.0. The highest BCUT2D eigenvalue weighted by molar-refractivity contribution is 5.73. The zero-order valence-corrected chi connectivity index (χ0v) is 45.0. The fourth-order valence-corrected chi connectivity index (χ4v) is 7.74. The number of ether oxygens (including phenoxy) is 6. The van der Waals surface area contributed by atoms with E-state index in [1.54, 1.807) is 57.2 Å². The van der Waals surface area contributed by atoms with Crippen molar-refractivity contribution in [3.05, 3.63) is 144 Å². The van der Waals surface area contributed by atoms with Crippen LogP contribution in [0.3, 0.4) is 0 Å². The fourth-order valence-electron chi connectivity index (χ4n) is 7.74. The summed E-state index contributed by atoms with van der Waals surface area (Å²) in [7, 11) is 0. The molecule has 6 aromatic rings. The fraction of sp³-hybridized carbons (Fsp3) is 0.371. The summed E-state index contributed by atoms with van der Waals surface area (Å²) < 4.78 is 31.4. The van der Waals surface area contributed by atoms with Crippen molar-refractivity contribution >= 4 is 17.9 Å². The molecule has 0 bridgehead atoms. The first kappa shape index (κ1) is 59.1. The first-order valence-electron chi connectivity index (χ1n) is 25.6. The van der Waals surface area contributed by atoms with E-state index >= 15 is 0 Å². The molecule has 0 fully saturated rings. The van der Waals surface area contributed by atoms with Crippen LogP contribution in [0.2, 0.25) is 0 Å². The van der Waals surface area contributed by atoms with Gasteiger partial charge in [-0.05, 0) is 186 Å². The van der Waals surface area contributed by atoms with E-state index in [1.807, 2.05) is 66.7 Å². The number of hydrogen-bond donors (Lipinski definition) is 3. The third-order valence-electron chi connectivity index (χ3n) is 12.3. The van der Waals surface area contributed by atoms with Gasteiger partial charge in [-0.25, -0.2) is 14.4 Å². The van der Waals surface area contributed by atoms with Gasteiger partial charge in [0.1, 0.15) is 34.5 Å². The maximum absolute atomic E-state index is 11.6. The van der Waals surface area contributed by atoms with Crippen LogP contribution in [0.4, 0.5) is 0 Å². The summed E-state index contributed by atoms with van der Waals surface area (Å²) in [6.07, 6.45) is 1.93. The van der Waals surface area contributed by atoms with Gasteiger partial charge in [-0.15, -0.1) is 0 Å². The number of rotatable bonds is 21. The molecule has 0 aliphatic carbocycles. The van der Waals surface area contributed by atoms with Crippen molar-refractivity contribution in [1.82, 2.24) is 0 Å². The Hall–Kier alpha value is -7.47. The van der Waals surface area contributed by atoms with Crippen LogP contribution in [0.15, 0.2) is 121 Å². The van der Waals surface area contributed by atoms with Crippen LogP contribution >= 0.6 is 0 Å². The molecule has 3 N–H and O–H groups in total. The van der Waals surface area contributed by atoms with E-state index in [4.69, 9.17) is 28.4 Å². The second kappa shape index (κ2) is 29.9. The first-order chi connectivity index (χ1) is 35.4. The van der Waals surface area contributed by atoms with Crippen LogP contribution in [0.5, 0.6) is 34.5 Å². The first-order valence-corrected chi connectivity index (χ1v) is 25.6. The molecule has 0 aliphatic heterocycles. The third-order valence-corrected chi connectivity index (χ3v) is 12.3. The molecule has 0 heterocycles. The number of hydrogen-bond acceptors (Lipinski definition) is 12. The van der Waals surface area contributed by atoms with Gasteiger partial charge in [0.05, 0.1) is 19.8 Å². The predicted molar refractivity (Wildman–Crippen MR) is 293 cm³/mol. The molecule has 0 amide bonds. The van der Waals surface area contributed by atoms with Crippen molar-refractivity contribution in [3.63, 3.8) is 0 Å². The Balaban J connectivity index is 0.000000244. The largest absolute Gasteiger partial charge is 0.508 e. The minimum atomic E-state index is -0.380. The van der Waals surface area contributed by atoms with Crippen molar-refractivity contribution < 1.29 is 58.1 Å². The van der Waals surface area contributed by atoms with Crippen molar-refractivity contribution in [1.29, 1.82) is 0 Å². The molecule has 6 aromatic carbocycles. The maximum atomic E-state index is 11.6. The van der Waals surface area contributed by atoms with Crippen molar-refractivity contribution in [2.75, 3.05) is 39.6 Å². The number of benzene rings is 6. The van der Waals surface area contributed by atoms with Crippen molar-refractivity contribution in [2.24, 2.45) is 0 Å². The number of esters is 3. The predicted octanol–water partition coefficient (Wildman–Crippen LogP) is 14.3. The average molecular weight is 1010 g/mol. The van der Waals surface area contributed by atoms with Gasteiger partial charge in [0.2, 0.25) is 0 Å². The van der Waals surface area contributed by atoms with Crippen LogP contribution in [0, 0.1) is 0 Å². The molecule has 12 heteroatoms. The second-order valence-corrected chi connectivity index (χ2v) is 18.3. The number of phenols is 3. The Morgan fingerprint density at radius 2 is 0.730 bits per heavy atom. The van der Waals surface area contributed by atoms with Crippen LogP contribution in [0.25, 0.3) is 33.4 Å². The number of carbonyl (C=O) groups is 3. The van der Waals surface area contributed by atoms with E-state index in [9.17, 15) is 29.7 Å². The Kier molecular flexibility index (Phi) is 23.9. The molecule has 74 heavy (non-hydrogen) atoms. The summed E-state index contributed by atoms with van der Waals surface area (Å²) >= 11 is 0. The molecular formula is C62H76O12. The smallest absolute Gasteiger partial charge is 0.344 e. The van der Waals surface area contributed by atoms with E-state index in [1.165, 1.54) is 0 Å². The lowest BCUT2D eigenvalue weighted by Gasteiger charge is -2.18. The highest BCUT2D eigenvalue weighted by atomic mass is 16.6. The molecule has 0 aliphatic rings. The third kappa shape index (κ3) is 17.9. The quantitative estimate of drug-likeness (QED) is 0.0462. The standard InChI is InChI=1S/C24H32O4.C22H28O4.C16H16O4/c1-6-16(4)20-13-18(9-11-22(20)25)19-10-12-23(21(14-19)17(5)7-2)28-15-24(26)27-8-3;1-6-25-22(24)13-26-21-10-8-17(12-19(21)15(4)5)16-7-9-20(23)18(11-16)14(2)3;1-2-19-16(18)11-20-15-9-5-13(6-10-15)12-3-7-14(17)8-4-12/h9-14,16-17,25H,6-8,15H2,1-5H3;7-12,14-15,23H,6,13H2,1-5H3;3-10,17H,2,11H2,1H3. The summed E-state index contributed by atoms with van der Waals surface area (Å²) in [6.45, 7) is 22.9. The van der Waals surface area contributed by atoms with Crippen LogP contribution in [0.1, 0.15) is 135 Å². The van der Waals surface area contributed by atoms with Crippen LogP contribution in [-0.4, -0.2) is 72.9 Å². The molecule has 0 saturated carbocycles. The second-order valence-electron chi connectivity index (χ2n) is 18.3. The lowest BCUT2D eigenvalue weighted by molar-refractivity contribution is -0.146. The van der Waals surface area contributed by atoms with Crippen LogP contribution < -0.4 is 14.2 Å². The van der Waals surface area contributed by atoms with E-state index in [-0.39, 0.29) is 55.3 Å². The lowest BCUT2D eigenvalue weighted by Crippen LogP contribution is -2.15. The molecule has 396 valence electrons. The van der Waals surface area contributed by atoms with Gasteiger partial charge in [-0.1, -0.05) is 104 Å². The van der Waals surface area contributed by atoms with Gasteiger partial charge < -0.3 is 43.7 Å².